The largest absolute Gasteiger partial charge is 0.370 e. The average Bonchev–Trinajstić information content (AvgIpc) is 2.37. The number of hydrogen-bond acceptors (Lipinski definition) is 2. The second-order valence-corrected chi connectivity index (χ2v) is 4.94. The molecule has 18 heavy (non-hydrogen) atoms. The fourth-order valence-electron chi connectivity index (χ4n) is 2.62. The van der Waals surface area contributed by atoms with Crippen LogP contribution >= 0.6 is 0 Å². The second-order valence-electron chi connectivity index (χ2n) is 4.94. The molecule has 1 fully saturated rings. The number of fused-ring (bicyclic) bond motifs is 1. The van der Waals surface area contributed by atoms with Crippen molar-refractivity contribution < 1.29 is 9.53 Å². The number of methoxy groups -OCH3 is 1. The molecule has 2 nitrogen and oxygen atoms in total. The van der Waals surface area contributed by atoms with Crippen molar-refractivity contribution in [2.45, 2.75) is 24.9 Å². The maximum Gasteiger partial charge on any atom is 0.194 e. The van der Waals surface area contributed by atoms with Crippen molar-refractivity contribution in [1.29, 1.82) is 0 Å². The molecule has 0 bridgehead atoms. The van der Waals surface area contributed by atoms with Crippen LogP contribution in [-0.2, 0) is 4.74 Å². The van der Waals surface area contributed by atoms with Crippen LogP contribution in [0.25, 0.3) is 10.8 Å². The minimum atomic E-state index is -0.553. The second kappa shape index (κ2) is 4.21. The van der Waals surface area contributed by atoms with Gasteiger partial charge in [0.1, 0.15) is 5.60 Å². The highest BCUT2D eigenvalue weighted by Gasteiger charge is 2.44. The van der Waals surface area contributed by atoms with Crippen LogP contribution in [-0.4, -0.2) is 18.5 Å². The third kappa shape index (κ3) is 1.65. The highest BCUT2D eigenvalue weighted by molar-refractivity contribution is 6.05. The van der Waals surface area contributed by atoms with Gasteiger partial charge in [-0.1, -0.05) is 36.4 Å². The lowest BCUT2D eigenvalue weighted by Crippen LogP contribution is -2.47. The monoisotopic (exact) mass is 240 g/mol. The Kier molecular flexibility index (Phi) is 2.67. The zero-order valence-corrected chi connectivity index (χ0v) is 10.5. The summed E-state index contributed by atoms with van der Waals surface area (Å²) < 4.78 is 5.45. The summed E-state index contributed by atoms with van der Waals surface area (Å²) in [6.07, 6.45) is 2.76. The highest BCUT2D eigenvalue weighted by atomic mass is 16.5. The lowest BCUT2D eigenvalue weighted by Gasteiger charge is -2.38. The van der Waals surface area contributed by atoms with E-state index in [2.05, 4.69) is 6.07 Å². The molecule has 1 saturated carbocycles. The van der Waals surface area contributed by atoms with Gasteiger partial charge >= 0.3 is 0 Å². The zero-order valence-electron chi connectivity index (χ0n) is 10.5. The first-order valence-electron chi connectivity index (χ1n) is 6.34. The first kappa shape index (κ1) is 11.4. The van der Waals surface area contributed by atoms with Gasteiger partial charge in [0.05, 0.1) is 0 Å². The molecule has 92 valence electrons. The minimum Gasteiger partial charge on any atom is -0.370 e. The Hall–Kier alpha value is -1.67. The summed E-state index contributed by atoms with van der Waals surface area (Å²) in [5.41, 5.74) is 0.206. The average molecular weight is 240 g/mol. The third-order valence-electron chi connectivity index (χ3n) is 3.98. The number of carbonyl (C=O) groups is 1. The van der Waals surface area contributed by atoms with Gasteiger partial charge < -0.3 is 4.74 Å². The number of ether oxygens (including phenoxy) is 1. The standard InChI is InChI=1S/C16H16O2/c1-18-16(9-4-10-16)15(17)14-8-7-12-5-2-3-6-13(12)11-14/h2-3,5-8,11H,4,9-10H2,1H3. The molecule has 2 aromatic carbocycles. The number of benzene rings is 2. The van der Waals surface area contributed by atoms with Gasteiger partial charge in [0.2, 0.25) is 0 Å². The SMILES string of the molecule is COC1(C(=O)c2ccc3ccccc3c2)CCC1. The Balaban J connectivity index is 2.01. The Morgan fingerprint density at radius 1 is 1.11 bits per heavy atom. The normalized spacial score (nSPS) is 17.4. The van der Waals surface area contributed by atoms with E-state index in [1.807, 2.05) is 36.4 Å². The van der Waals surface area contributed by atoms with Crippen LogP contribution in [0.1, 0.15) is 29.6 Å². The minimum absolute atomic E-state index is 0.127. The molecular weight excluding hydrogens is 224 g/mol. The molecule has 0 heterocycles. The van der Waals surface area contributed by atoms with Gasteiger partial charge in [-0.2, -0.15) is 0 Å². The lowest BCUT2D eigenvalue weighted by molar-refractivity contribution is -0.0448. The van der Waals surface area contributed by atoms with Crippen LogP contribution in [0.5, 0.6) is 0 Å². The summed E-state index contributed by atoms with van der Waals surface area (Å²) >= 11 is 0. The maximum absolute atomic E-state index is 12.5. The van der Waals surface area contributed by atoms with E-state index < -0.39 is 5.60 Å². The van der Waals surface area contributed by atoms with Gasteiger partial charge in [-0.3, -0.25) is 4.79 Å². The lowest BCUT2D eigenvalue weighted by atomic mass is 9.74. The summed E-state index contributed by atoms with van der Waals surface area (Å²) in [6.45, 7) is 0. The molecule has 0 saturated heterocycles. The molecule has 3 rings (SSSR count). The highest BCUT2D eigenvalue weighted by Crippen LogP contribution is 2.38. The van der Waals surface area contributed by atoms with E-state index in [1.54, 1.807) is 7.11 Å². The van der Waals surface area contributed by atoms with Crippen LogP contribution in [0.15, 0.2) is 42.5 Å². The Labute approximate surface area is 107 Å². The number of Topliss-reactive ketones (excluding diaryl/α,β-unsaturated/α-hetero) is 1. The van der Waals surface area contributed by atoms with Gasteiger partial charge in [-0.15, -0.1) is 0 Å². The van der Waals surface area contributed by atoms with Crippen molar-refractivity contribution >= 4 is 16.6 Å². The number of rotatable bonds is 3. The molecular formula is C16H16O2. The molecule has 1 aliphatic rings. The number of carbonyl (C=O) groups excluding carboxylic acids is 1. The molecule has 0 N–H and O–H groups in total. The molecule has 0 atom stereocenters. The summed E-state index contributed by atoms with van der Waals surface area (Å²) in [5.74, 6) is 0.127. The van der Waals surface area contributed by atoms with Crippen molar-refractivity contribution in [3.05, 3.63) is 48.0 Å². The Bertz CT molecular complexity index is 591. The van der Waals surface area contributed by atoms with Crippen molar-refractivity contribution in [3.8, 4) is 0 Å². The van der Waals surface area contributed by atoms with E-state index in [9.17, 15) is 4.79 Å². The van der Waals surface area contributed by atoms with E-state index >= 15 is 0 Å². The van der Waals surface area contributed by atoms with Crippen LogP contribution in [0.4, 0.5) is 0 Å². The summed E-state index contributed by atoms with van der Waals surface area (Å²) in [4.78, 5) is 12.5. The van der Waals surface area contributed by atoms with Crippen molar-refractivity contribution in [1.82, 2.24) is 0 Å². The summed E-state index contributed by atoms with van der Waals surface area (Å²) in [6, 6.07) is 14.0. The van der Waals surface area contributed by atoms with Crippen molar-refractivity contribution in [2.75, 3.05) is 7.11 Å². The van der Waals surface area contributed by atoms with Crippen LogP contribution in [0, 0.1) is 0 Å². The molecule has 0 unspecified atom stereocenters. The van der Waals surface area contributed by atoms with Crippen LogP contribution in [0.2, 0.25) is 0 Å². The number of ketones is 1. The maximum atomic E-state index is 12.5. The Morgan fingerprint density at radius 3 is 2.44 bits per heavy atom. The molecule has 0 amide bonds. The molecule has 0 aliphatic heterocycles. The summed E-state index contributed by atoms with van der Waals surface area (Å²) in [5, 5.41) is 2.27. The van der Waals surface area contributed by atoms with Crippen LogP contribution in [0.3, 0.4) is 0 Å². The van der Waals surface area contributed by atoms with E-state index in [0.717, 1.165) is 35.6 Å². The van der Waals surface area contributed by atoms with Crippen LogP contribution < -0.4 is 0 Å². The van der Waals surface area contributed by atoms with Crippen molar-refractivity contribution in [3.63, 3.8) is 0 Å². The number of hydrogen-bond donors (Lipinski definition) is 0. The van der Waals surface area contributed by atoms with Gasteiger partial charge in [0.25, 0.3) is 0 Å². The molecule has 0 spiro atoms. The van der Waals surface area contributed by atoms with Gasteiger partial charge in [0.15, 0.2) is 5.78 Å². The smallest absolute Gasteiger partial charge is 0.194 e. The summed E-state index contributed by atoms with van der Waals surface area (Å²) in [7, 11) is 1.64. The third-order valence-corrected chi connectivity index (χ3v) is 3.98. The van der Waals surface area contributed by atoms with Gasteiger partial charge in [-0.05, 0) is 36.1 Å². The molecule has 0 radical (unpaired) electrons. The van der Waals surface area contributed by atoms with E-state index in [-0.39, 0.29) is 5.78 Å². The van der Waals surface area contributed by atoms with Crippen molar-refractivity contribution in [2.24, 2.45) is 0 Å². The molecule has 1 aliphatic carbocycles. The quantitative estimate of drug-likeness (QED) is 0.766. The predicted octanol–water partition coefficient (Wildman–Crippen LogP) is 3.59. The molecule has 2 heteroatoms. The Morgan fingerprint density at radius 2 is 1.83 bits per heavy atom. The van der Waals surface area contributed by atoms with E-state index in [1.165, 1.54) is 0 Å². The zero-order chi connectivity index (χ0) is 12.6. The topological polar surface area (TPSA) is 26.3 Å². The molecule has 0 aromatic heterocycles. The predicted molar refractivity (Wildman–Crippen MR) is 71.9 cm³/mol. The molecule has 2 aromatic rings. The first-order chi connectivity index (χ1) is 8.75. The van der Waals surface area contributed by atoms with Gasteiger partial charge in [-0.25, -0.2) is 0 Å². The first-order valence-corrected chi connectivity index (χ1v) is 6.34. The fraction of sp³-hybridized carbons (Fsp3) is 0.312. The van der Waals surface area contributed by atoms with E-state index in [4.69, 9.17) is 4.74 Å². The fourth-order valence-corrected chi connectivity index (χ4v) is 2.62. The van der Waals surface area contributed by atoms with Gasteiger partial charge in [0, 0.05) is 12.7 Å². The van der Waals surface area contributed by atoms with E-state index in [0.29, 0.717) is 0 Å².